The van der Waals surface area contributed by atoms with Crippen LogP contribution < -0.4 is 5.84 Å². The maximum absolute atomic E-state index is 6.04. The monoisotopic (exact) mass is 286 g/mol. The number of allylic oxidation sites excluding steroid dienone is 1. The summed E-state index contributed by atoms with van der Waals surface area (Å²) in [5, 5.41) is 1.78. The molecule has 1 rings (SSSR count). The Kier molecular flexibility index (Phi) is 7.24. The first-order chi connectivity index (χ1) is 10.0. The number of hydrogen-bond donors (Lipinski definition) is 1. The normalized spacial score (nSPS) is 13.1. The smallest absolute Gasteiger partial charge is 0.0369 e. The molecule has 0 aliphatic heterocycles. The lowest BCUT2D eigenvalue weighted by molar-refractivity contribution is 0.395. The first-order valence-corrected chi connectivity index (χ1v) is 7.93. The Morgan fingerprint density at radius 3 is 2.67 bits per heavy atom. The molecule has 1 unspecified atom stereocenters. The SMILES string of the molecule is C=CCCN(N)/C=C(/C)C(CC)c1cc(C)ccc1CC. The number of rotatable bonds is 8. The molecule has 2 N–H and O–H groups in total. The Morgan fingerprint density at radius 1 is 1.38 bits per heavy atom. The van der Waals surface area contributed by atoms with Crippen LogP contribution in [0.2, 0.25) is 0 Å². The summed E-state index contributed by atoms with van der Waals surface area (Å²) in [6.07, 6.45) is 7.05. The molecule has 116 valence electrons. The molecule has 0 aliphatic carbocycles. The van der Waals surface area contributed by atoms with Crippen molar-refractivity contribution in [2.75, 3.05) is 6.54 Å². The molecule has 2 nitrogen and oxygen atoms in total. The molecule has 1 aromatic rings. The maximum Gasteiger partial charge on any atom is 0.0369 e. The molecule has 0 aromatic heterocycles. The predicted octanol–water partition coefficient (Wildman–Crippen LogP) is 4.71. The van der Waals surface area contributed by atoms with Crippen molar-refractivity contribution in [2.24, 2.45) is 5.84 Å². The Bertz CT molecular complexity index is 488. The number of nitrogens with zero attached hydrogens (tertiary/aromatic N) is 1. The van der Waals surface area contributed by atoms with E-state index in [-0.39, 0.29) is 0 Å². The second kappa shape index (κ2) is 8.68. The van der Waals surface area contributed by atoms with Crippen LogP contribution in [0.15, 0.2) is 42.6 Å². The van der Waals surface area contributed by atoms with Crippen LogP contribution in [-0.2, 0) is 6.42 Å². The second-order valence-corrected chi connectivity index (χ2v) is 5.70. The zero-order valence-corrected chi connectivity index (χ0v) is 14.0. The predicted molar refractivity (Wildman–Crippen MR) is 93.1 cm³/mol. The molecular weight excluding hydrogens is 256 g/mol. The molecule has 1 atom stereocenters. The van der Waals surface area contributed by atoms with E-state index in [1.165, 1.54) is 22.3 Å². The summed E-state index contributed by atoms with van der Waals surface area (Å²) in [5.41, 5.74) is 5.54. The van der Waals surface area contributed by atoms with Crippen LogP contribution in [0.3, 0.4) is 0 Å². The summed E-state index contributed by atoms with van der Waals surface area (Å²) in [5.74, 6) is 6.48. The van der Waals surface area contributed by atoms with E-state index in [9.17, 15) is 0 Å². The van der Waals surface area contributed by atoms with Gasteiger partial charge in [0.1, 0.15) is 0 Å². The van der Waals surface area contributed by atoms with Crippen LogP contribution in [-0.4, -0.2) is 11.6 Å². The van der Waals surface area contributed by atoms with E-state index in [0.29, 0.717) is 5.92 Å². The molecule has 0 heterocycles. The van der Waals surface area contributed by atoms with Crippen molar-refractivity contribution < 1.29 is 0 Å². The highest BCUT2D eigenvalue weighted by atomic mass is 15.4. The zero-order valence-electron chi connectivity index (χ0n) is 14.0. The van der Waals surface area contributed by atoms with Gasteiger partial charge in [-0.25, -0.2) is 5.84 Å². The number of hydrazine groups is 1. The zero-order chi connectivity index (χ0) is 15.8. The highest BCUT2D eigenvalue weighted by Gasteiger charge is 2.15. The summed E-state index contributed by atoms with van der Waals surface area (Å²) >= 11 is 0. The second-order valence-electron chi connectivity index (χ2n) is 5.70. The van der Waals surface area contributed by atoms with Gasteiger partial charge in [0.2, 0.25) is 0 Å². The number of benzene rings is 1. The van der Waals surface area contributed by atoms with Gasteiger partial charge in [-0.05, 0) is 49.8 Å². The first kappa shape index (κ1) is 17.5. The minimum atomic E-state index is 0.439. The van der Waals surface area contributed by atoms with E-state index in [0.717, 1.165) is 25.8 Å². The Hall–Kier alpha value is -1.54. The van der Waals surface area contributed by atoms with Crippen molar-refractivity contribution >= 4 is 0 Å². The van der Waals surface area contributed by atoms with Crippen molar-refractivity contribution in [3.8, 4) is 0 Å². The van der Waals surface area contributed by atoms with E-state index in [2.05, 4.69) is 58.7 Å². The molecule has 0 aliphatic rings. The lowest BCUT2D eigenvalue weighted by atomic mass is 9.85. The van der Waals surface area contributed by atoms with Crippen LogP contribution in [0.5, 0.6) is 0 Å². The van der Waals surface area contributed by atoms with Crippen molar-refractivity contribution in [3.05, 3.63) is 59.3 Å². The third-order valence-electron chi connectivity index (χ3n) is 3.98. The Balaban J connectivity index is 3.03. The minimum absolute atomic E-state index is 0.439. The summed E-state index contributed by atoms with van der Waals surface area (Å²) in [4.78, 5) is 0. The van der Waals surface area contributed by atoms with E-state index in [4.69, 9.17) is 5.84 Å². The lowest BCUT2D eigenvalue weighted by Gasteiger charge is -2.23. The highest BCUT2D eigenvalue weighted by molar-refractivity contribution is 5.38. The van der Waals surface area contributed by atoms with Crippen molar-refractivity contribution in [2.45, 2.75) is 52.9 Å². The fraction of sp³-hybridized carbons (Fsp3) is 0.474. The summed E-state index contributed by atoms with van der Waals surface area (Å²) in [6.45, 7) is 13.4. The topological polar surface area (TPSA) is 29.3 Å². The largest absolute Gasteiger partial charge is 0.318 e. The van der Waals surface area contributed by atoms with Gasteiger partial charge in [0.15, 0.2) is 0 Å². The molecule has 0 bridgehead atoms. The highest BCUT2D eigenvalue weighted by Crippen LogP contribution is 2.31. The van der Waals surface area contributed by atoms with Crippen molar-refractivity contribution in [1.82, 2.24) is 5.01 Å². The molecule has 1 aromatic carbocycles. The van der Waals surface area contributed by atoms with E-state index in [1.54, 1.807) is 5.01 Å². The van der Waals surface area contributed by atoms with Crippen molar-refractivity contribution in [1.29, 1.82) is 0 Å². The van der Waals surface area contributed by atoms with Gasteiger partial charge in [-0.2, -0.15) is 0 Å². The molecule has 0 saturated heterocycles. The maximum atomic E-state index is 6.04. The van der Waals surface area contributed by atoms with E-state index < -0.39 is 0 Å². The summed E-state index contributed by atoms with van der Waals surface area (Å²) < 4.78 is 0. The minimum Gasteiger partial charge on any atom is -0.318 e. The fourth-order valence-electron chi connectivity index (χ4n) is 2.80. The quantitative estimate of drug-likeness (QED) is 0.426. The van der Waals surface area contributed by atoms with Gasteiger partial charge >= 0.3 is 0 Å². The van der Waals surface area contributed by atoms with Gasteiger partial charge in [-0.3, -0.25) is 0 Å². The third-order valence-corrected chi connectivity index (χ3v) is 3.98. The van der Waals surface area contributed by atoms with Crippen molar-refractivity contribution in [3.63, 3.8) is 0 Å². The van der Waals surface area contributed by atoms with Crippen LogP contribution in [0.25, 0.3) is 0 Å². The van der Waals surface area contributed by atoms with Gasteiger partial charge in [0, 0.05) is 18.7 Å². The molecule has 0 saturated carbocycles. The number of nitrogens with two attached hydrogens (primary N) is 1. The molecular formula is C19H30N2. The average molecular weight is 286 g/mol. The van der Waals surface area contributed by atoms with Gasteiger partial charge in [0.05, 0.1) is 0 Å². The number of hydrogen-bond acceptors (Lipinski definition) is 2. The van der Waals surface area contributed by atoms with Crippen LogP contribution in [0.1, 0.15) is 56.2 Å². The molecule has 0 fully saturated rings. The lowest BCUT2D eigenvalue weighted by Crippen LogP contribution is -2.26. The third kappa shape index (κ3) is 5.05. The molecule has 0 radical (unpaired) electrons. The summed E-state index contributed by atoms with van der Waals surface area (Å²) in [6, 6.07) is 6.79. The fourth-order valence-corrected chi connectivity index (χ4v) is 2.80. The van der Waals surface area contributed by atoms with Gasteiger partial charge in [-0.1, -0.05) is 43.7 Å². The van der Waals surface area contributed by atoms with Gasteiger partial charge in [-0.15, -0.1) is 6.58 Å². The Morgan fingerprint density at radius 2 is 2.10 bits per heavy atom. The van der Waals surface area contributed by atoms with Gasteiger partial charge < -0.3 is 5.01 Å². The van der Waals surface area contributed by atoms with Crippen LogP contribution in [0, 0.1) is 6.92 Å². The molecule has 0 amide bonds. The molecule has 2 heteroatoms. The molecule has 21 heavy (non-hydrogen) atoms. The average Bonchev–Trinajstić information content (AvgIpc) is 2.46. The van der Waals surface area contributed by atoms with Gasteiger partial charge in [0.25, 0.3) is 0 Å². The van der Waals surface area contributed by atoms with Crippen LogP contribution >= 0.6 is 0 Å². The first-order valence-electron chi connectivity index (χ1n) is 7.93. The van der Waals surface area contributed by atoms with E-state index >= 15 is 0 Å². The Labute approximate surface area is 130 Å². The standard InChI is InChI=1S/C19H30N2/c1-6-9-12-21(20)14-16(5)18(8-3)19-13-15(4)10-11-17(19)7-2/h6,10-11,13-14,18H,1,7-9,12,20H2,2-5H3/b16-14-. The van der Waals surface area contributed by atoms with Crippen LogP contribution in [0.4, 0.5) is 0 Å². The molecule has 0 spiro atoms. The number of aryl methyl sites for hydroxylation is 2. The van der Waals surface area contributed by atoms with E-state index in [1.807, 2.05) is 6.08 Å². The summed E-state index contributed by atoms with van der Waals surface area (Å²) in [7, 11) is 0.